The zero-order chi connectivity index (χ0) is 22.4. The van der Waals surface area contributed by atoms with Crippen LogP contribution in [0.3, 0.4) is 0 Å². The second kappa shape index (κ2) is 8.19. The zero-order valence-electron chi connectivity index (χ0n) is 18.3. The van der Waals surface area contributed by atoms with Crippen LogP contribution in [0.1, 0.15) is 28.8 Å². The van der Waals surface area contributed by atoms with E-state index >= 15 is 0 Å². The Balaban J connectivity index is 1.21. The number of halogens is 1. The molecule has 0 unspecified atom stereocenters. The van der Waals surface area contributed by atoms with E-state index in [-0.39, 0.29) is 17.8 Å². The lowest BCUT2D eigenvalue weighted by Crippen LogP contribution is -2.57. The number of rotatable bonds is 5. The predicted octanol–water partition coefficient (Wildman–Crippen LogP) is 4.63. The molecule has 2 aromatic heterocycles. The number of aromatic nitrogens is 1. The molecule has 0 aliphatic carbocycles. The van der Waals surface area contributed by atoms with E-state index in [0.29, 0.717) is 18.1 Å². The second-order valence-electron chi connectivity index (χ2n) is 9.21. The maximum Gasteiger partial charge on any atom is 0.253 e. The quantitative estimate of drug-likeness (QED) is 0.489. The molecule has 4 aromatic rings. The minimum Gasteiger partial charge on any atom is -0.489 e. The topological polar surface area (TPSA) is 46.0 Å². The molecule has 33 heavy (non-hydrogen) atoms. The van der Waals surface area contributed by atoms with Crippen molar-refractivity contribution in [2.24, 2.45) is 5.92 Å². The van der Waals surface area contributed by atoms with Crippen molar-refractivity contribution in [2.75, 3.05) is 19.6 Å². The van der Waals surface area contributed by atoms with Crippen LogP contribution in [-0.4, -0.2) is 40.9 Å². The Hall–Kier alpha value is -3.38. The Bertz CT molecular complexity index is 1320. The number of nitrogens with one attached hydrogen (secondary N) is 1. The van der Waals surface area contributed by atoms with E-state index in [1.807, 2.05) is 42.6 Å². The van der Waals surface area contributed by atoms with Crippen molar-refractivity contribution < 1.29 is 13.9 Å². The highest BCUT2D eigenvalue weighted by molar-refractivity contribution is 5.97. The number of pyridine rings is 1. The van der Waals surface area contributed by atoms with Crippen LogP contribution >= 0.6 is 0 Å². The largest absolute Gasteiger partial charge is 0.489 e. The van der Waals surface area contributed by atoms with E-state index in [1.165, 1.54) is 25.0 Å². The smallest absolute Gasteiger partial charge is 0.253 e. The van der Waals surface area contributed by atoms with Crippen molar-refractivity contribution >= 4 is 22.3 Å². The summed E-state index contributed by atoms with van der Waals surface area (Å²) in [6.07, 6.45) is 4.28. The summed E-state index contributed by atoms with van der Waals surface area (Å²) >= 11 is 0. The lowest BCUT2D eigenvalue weighted by atomic mass is 9.84. The summed E-state index contributed by atoms with van der Waals surface area (Å²) in [7, 11) is 0. The van der Waals surface area contributed by atoms with E-state index in [0.717, 1.165) is 47.4 Å². The number of fused-ring (bicyclic) bond motifs is 6. The second-order valence-corrected chi connectivity index (χ2v) is 9.21. The lowest BCUT2D eigenvalue weighted by molar-refractivity contribution is 0.0620. The SMILES string of the molecule is O=C(N[C@H]1CN2CCC1CC2)c1cc2ccc3cc(OCc4ccc(F)cc4)ccc3n2c1. The van der Waals surface area contributed by atoms with E-state index in [4.69, 9.17) is 4.74 Å². The van der Waals surface area contributed by atoms with E-state index in [1.54, 1.807) is 12.1 Å². The molecule has 7 rings (SSSR count). The van der Waals surface area contributed by atoms with Gasteiger partial charge in [-0.25, -0.2) is 4.39 Å². The average molecular weight is 444 g/mol. The highest BCUT2D eigenvalue weighted by Gasteiger charge is 2.35. The Labute approximate surface area is 191 Å². The van der Waals surface area contributed by atoms with Gasteiger partial charge in [0.1, 0.15) is 18.2 Å². The number of carbonyl (C=O) groups is 1. The van der Waals surface area contributed by atoms with Crippen LogP contribution in [0, 0.1) is 11.7 Å². The third-order valence-corrected chi connectivity index (χ3v) is 7.10. The number of hydrogen-bond acceptors (Lipinski definition) is 3. The third kappa shape index (κ3) is 3.95. The van der Waals surface area contributed by atoms with Crippen molar-refractivity contribution in [3.8, 4) is 5.75 Å². The molecule has 1 amide bonds. The minimum atomic E-state index is -0.253. The van der Waals surface area contributed by atoms with E-state index in [2.05, 4.69) is 14.6 Å². The normalized spacial score (nSPS) is 22.0. The summed E-state index contributed by atoms with van der Waals surface area (Å²) in [5, 5.41) is 4.31. The summed E-state index contributed by atoms with van der Waals surface area (Å²) in [6, 6.07) is 18.5. The molecule has 0 radical (unpaired) electrons. The summed E-state index contributed by atoms with van der Waals surface area (Å²) in [5.41, 5.74) is 3.61. The van der Waals surface area contributed by atoms with Gasteiger partial charge in [0.25, 0.3) is 5.91 Å². The maximum atomic E-state index is 13.1. The number of benzene rings is 2. The number of ether oxygens (including phenoxy) is 1. The first-order chi connectivity index (χ1) is 16.1. The molecule has 3 saturated heterocycles. The van der Waals surface area contributed by atoms with Gasteiger partial charge in [-0.2, -0.15) is 0 Å². The summed E-state index contributed by atoms with van der Waals surface area (Å²) in [6.45, 7) is 3.67. The van der Waals surface area contributed by atoms with Gasteiger partial charge >= 0.3 is 0 Å². The molecule has 3 aliphatic heterocycles. The van der Waals surface area contributed by atoms with Gasteiger partial charge in [0.15, 0.2) is 0 Å². The van der Waals surface area contributed by atoms with E-state index in [9.17, 15) is 9.18 Å². The van der Waals surface area contributed by atoms with Crippen LogP contribution in [0.25, 0.3) is 16.4 Å². The van der Waals surface area contributed by atoms with Gasteiger partial charge in [-0.05, 0) is 79.9 Å². The van der Waals surface area contributed by atoms with Crippen LogP contribution < -0.4 is 10.1 Å². The van der Waals surface area contributed by atoms with Gasteiger partial charge in [-0.1, -0.05) is 18.2 Å². The molecule has 2 aromatic carbocycles. The molecule has 3 aliphatic rings. The van der Waals surface area contributed by atoms with Crippen LogP contribution in [0.4, 0.5) is 4.39 Å². The van der Waals surface area contributed by atoms with Gasteiger partial charge < -0.3 is 19.4 Å². The molecule has 1 N–H and O–H groups in total. The number of carbonyl (C=O) groups excluding carboxylic acids is 1. The van der Waals surface area contributed by atoms with Gasteiger partial charge in [-0.15, -0.1) is 0 Å². The minimum absolute atomic E-state index is 0.00449. The molecule has 1 atom stereocenters. The average Bonchev–Trinajstić information content (AvgIpc) is 3.29. The highest BCUT2D eigenvalue weighted by atomic mass is 19.1. The predicted molar refractivity (Wildman–Crippen MR) is 126 cm³/mol. The van der Waals surface area contributed by atoms with Crippen molar-refractivity contribution in [3.63, 3.8) is 0 Å². The number of hydrogen-bond donors (Lipinski definition) is 1. The number of amides is 1. The molecule has 3 fully saturated rings. The van der Waals surface area contributed by atoms with Crippen LogP contribution in [-0.2, 0) is 6.61 Å². The van der Waals surface area contributed by atoms with Crippen molar-refractivity contribution in [1.29, 1.82) is 0 Å². The monoisotopic (exact) mass is 443 g/mol. The Morgan fingerprint density at radius 3 is 2.61 bits per heavy atom. The molecule has 0 saturated carbocycles. The standard InChI is InChI=1S/C27H26FN3O2/c28-22-4-1-18(2-5-22)17-33-24-7-8-26-20(14-24)3-6-23-13-21(15-31(23)26)27(32)29-25-16-30-11-9-19(25)10-12-30/h1-8,13-15,19,25H,9-12,16-17H2,(H,29,32)/t25-/m0/s1. The Kier molecular flexibility index (Phi) is 5.03. The van der Waals surface area contributed by atoms with Gasteiger partial charge in [0.05, 0.1) is 11.1 Å². The summed E-state index contributed by atoms with van der Waals surface area (Å²) in [4.78, 5) is 15.5. The van der Waals surface area contributed by atoms with Gasteiger partial charge in [0.2, 0.25) is 0 Å². The summed E-state index contributed by atoms with van der Waals surface area (Å²) in [5.74, 6) is 1.10. The van der Waals surface area contributed by atoms with Gasteiger partial charge in [-0.3, -0.25) is 4.79 Å². The molecule has 168 valence electrons. The first-order valence-electron chi connectivity index (χ1n) is 11.6. The summed E-state index contributed by atoms with van der Waals surface area (Å²) < 4.78 is 21.1. The highest BCUT2D eigenvalue weighted by Crippen LogP contribution is 2.28. The third-order valence-electron chi connectivity index (χ3n) is 7.10. The fraction of sp³-hybridized carbons (Fsp3) is 0.296. The lowest BCUT2D eigenvalue weighted by Gasteiger charge is -2.44. The first-order valence-corrected chi connectivity index (χ1v) is 11.6. The van der Waals surface area contributed by atoms with Crippen LogP contribution in [0.2, 0.25) is 0 Å². The Morgan fingerprint density at radius 2 is 1.85 bits per heavy atom. The molecule has 5 nitrogen and oxygen atoms in total. The first kappa shape index (κ1) is 20.2. The molecule has 2 bridgehead atoms. The molecular formula is C27H26FN3O2. The van der Waals surface area contributed by atoms with Crippen molar-refractivity contribution in [1.82, 2.24) is 14.6 Å². The van der Waals surface area contributed by atoms with Crippen molar-refractivity contribution in [3.05, 3.63) is 83.8 Å². The van der Waals surface area contributed by atoms with Crippen LogP contribution in [0.15, 0.2) is 66.9 Å². The molecule has 5 heterocycles. The molecular weight excluding hydrogens is 417 g/mol. The van der Waals surface area contributed by atoms with E-state index < -0.39 is 0 Å². The van der Waals surface area contributed by atoms with Crippen LogP contribution in [0.5, 0.6) is 5.75 Å². The maximum absolute atomic E-state index is 13.1. The van der Waals surface area contributed by atoms with Crippen molar-refractivity contribution in [2.45, 2.75) is 25.5 Å². The van der Waals surface area contributed by atoms with Gasteiger partial charge in [0, 0.05) is 29.7 Å². The molecule has 0 spiro atoms. The fourth-order valence-corrected chi connectivity index (χ4v) is 5.22. The zero-order valence-corrected chi connectivity index (χ0v) is 18.3. The molecule has 6 heteroatoms. The number of piperidine rings is 3. The fourth-order valence-electron chi connectivity index (χ4n) is 5.22. The number of nitrogens with zero attached hydrogens (tertiary/aromatic N) is 2. The Morgan fingerprint density at radius 1 is 1.03 bits per heavy atom.